The molecule has 0 aliphatic carbocycles. The maximum Gasteiger partial charge on any atom is 0.294 e. The summed E-state index contributed by atoms with van der Waals surface area (Å²) in [6.07, 6.45) is 0.668. The quantitative estimate of drug-likeness (QED) is 0.543. The fourth-order valence-corrected chi connectivity index (χ4v) is 4.29. The molecule has 1 aliphatic heterocycles. The molecule has 0 bridgehead atoms. The van der Waals surface area contributed by atoms with E-state index in [-0.39, 0.29) is 23.1 Å². The van der Waals surface area contributed by atoms with E-state index in [1.54, 1.807) is 11.0 Å². The van der Waals surface area contributed by atoms with Crippen LogP contribution in [0.5, 0.6) is 0 Å². The number of carbonyl (C=O) groups is 1. The Hall–Kier alpha value is -3.16. The smallest absolute Gasteiger partial charge is 0.294 e. The van der Waals surface area contributed by atoms with Gasteiger partial charge in [-0.2, -0.15) is 0 Å². The Bertz CT molecular complexity index is 1330. The first kappa shape index (κ1) is 18.8. The summed E-state index contributed by atoms with van der Waals surface area (Å²) in [5, 5.41) is 1.35. The molecule has 152 valence electrons. The predicted molar refractivity (Wildman–Crippen MR) is 116 cm³/mol. The van der Waals surface area contributed by atoms with Crippen molar-refractivity contribution in [3.8, 4) is 0 Å². The van der Waals surface area contributed by atoms with Crippen molar-refractivity contribution in [3.63, 3.8) is 0 Å². The van der Waals surface area contributed by atoms with E-state index in [9.17, 15) is 9.59 Å². The molecular weight excluding hydrogens is 404 g/mol. The largest absolute Gasteiger partial charge is 0.449 e. The van der Waals surface area contributed by atoms with E-state index in [1.165, 1.54) is 0 Å². The number of carbonyl (C=O) groups excluding carboxylic acids is 1. The molecule has 1 unspecified atom stereocenters. The molecule has 5 rings (SSSR count). The number of aromatic nitrogens is 2. The van der Waals surface area contributed by atoms with Gasteiger partial charge in [-0.3, -0.25) is 14.5 Å². The van der Waals surface area contributed by atoms with Crippen LogP contribution in [-0.4, -0.2) is 40.4 Å². The lowest BCUT2D eigenvalue weighted by Crippen LogP contribution is -2.40. The topological polar surface area (TPSA) is 82.4 Å². The number of nitrogens with zero attached hydrogens (tertiary/aromatic N) is 3. The third kappa shape index (κ3) is 3.07. The van der Waals surface area contributed by atoms with Gasteiger partial charge in [0.2, 0.25) is 11.5 Å². The van der Waals surface area contributed by atoms with Crippen LogP contribution in [0, 0.1) is 0 Å². The van der Waals surface area contributed by atoms with Gasteiger partial charge >= 0.3 is 0 Å². The highest BCUT2D eigenvalue weighted by Crippen LogP contribution is 2.30. The second kappa shape index (κ2) is 7.27. The fourth-order valence-electron chi connectivity index (χ4n) is 4.05. The second-order valence-corrected chi connectivity index (χ2v) is 7.86. The highest BCUT2D eigenvalue weighted by Gasteiger charge is 2.36. The van der Waals surface area contributed by atoms with Crippen molar-refractivity contribution in [2.45, 2.75) is 19.0 Å². The van der Waals surface area contributed by atoms with Crippen LogP contribution in [0.1, 0.15) is 12.2 Å². The molecule has 2 aromatic carbocycles. The monoisotopic (exact) mass is 422 g/mol. The fraction of sp³-hybridized carbons (Fsp3) is 0.227. The van der Waals surface area contributed by atoms with Gasteiger partial charge < -0.3 is 14.3 Å². The van der Waals surface area contributed by atoms with E-state index in [0.717, 1.165) is 11.1 Å². The SMILES string of the molecule is CN(Cc1nc2c(oc3ccccc32)c(=O)[nH]1)C1CCN(c2ccccc2Cl)C1=O. The average molecular weight is 423 g/mol. The van der Waals surface area contributed by atoms with Crippen LogP contribution < -0.4 is 10.5 Å². The molecule has 30 heavy (non-hydrogen) atoms. The number of amides is 1. The number of benzene rings is 2. The Morgan fingerprint density at radius 1 is 1.20 bits per heavy atom. The lowest BCUT2D eigenvalue weighted by molar-refractivity contribution is -0.121. The van der Waals surface area contributed by atoms with Crippen molar-refractivity contribution in [2.75, 3.05) is 18.5 Å². The van der Waals surface area contributed by atoms with Crippen molar-refractivity contribution < 1.29 is 9.21 Å². The number of hydrogen-bond donors (Lipinski definition) is 1. The Balaban J connectivity index is 1.41. The van der Waals surface area contributed by atoms with Gasteiger partial charge in [0.1, 0.15) is 16.9 Å². The number of anilines is 1. The molecule has 1 fully saturated rings. The minimum atomic E-state index is -0.324. The standard InChI is InChI=1S/C22H19ClN4O3/c1-26(16-10-11-27(22(16)29)15-8-4-3-7-14(15)23)12-18-24-19-13-6-2-5-9-17(13)30-20(19)21(28)25-18/h2-9,16H,10-12H2,1H3,(H,24,25,28). The minimum absolute atomic E-state index is 0.0113. The third-order valence-corrected chi connectivity index (χ3v) is 5.85. The highest BCUT2D eigenvalue weighted by molar-refractivity contribution is 6.33. The van der Waals surface area contributed by atoms with Crippen LogP contribution in [0.2, 0.25) is 5.02 Å². The van der Waals surface area contributed by atoms with Crippen molar-refractivity contribution in [1.82, 2.24) is 14.9 Å². The Morgan fingerprint density at radius 3 is 2.80 bits per heavy atom. The van der Waals surface area contributed by atoms with E-state index in [1.807, 2.05) is 54.4 Å². The third-order valence-electron chi connectivity index (χ3n) is 5.53. The Kier molecular flexibility index (Phi) is 4.56. The van der Waals surface area contributed by atoms with E-state index in [0.29, 0.717) is 41.5 Å². The van der Waals surface area contributed by atoms with Crippen LogP contribution in [0.4, 0.5) is 5.69 Å². The summed E-state index contributed by atoms with van der Waals surface area (Å²) in [7, 11) is 1.86. The number of fused-ring (bicyclic) bond motifs is 3. The van der Waals surface area contributed by atoms with Gasteiger partial charge in [0.15, 0.2) is 0 Å². The maximum atomic E-state index is 13.0. The molecule has 0 spiro atoms. The van der Waals surface area contributed by atoms with Crippen molar-refractivity contribution in [1.29, 1.82) is 0 Å². The van der Waals surface area contributed by atoms with E-state index >= 15 is 0 Å². The van der Waals surface area contributed by atoms with Gasteiger partial charge in [0, 0.05) is 11.9 Å². The number of H-pyrrole nitrogens is 1. The summed E-state index contributed by atoms with van der Waals surface area (Å²) in [6.45, 7) is 0.921. The zero-order chi connectivity index (χ0) is 20.8. The molecule has 1 amide bonds. The number of halogens is 1. The zero-order valence-corrected chi connectivity index (χ0v) is 17.0. The van der Waals surface area contributed by atoms with E-state index in [2.05, 4.69) is 9.97 Å². The van der Waals surface area contributed by atoms with E-state index < -0.39 is 0 Å². The number of nitrogens with one attached hydrogen (secondary N) is 1. The molecule has 1 aliphatic rings. The Morgan fingerprint density at radius 2 is 1.97 bits per heavy atom. The molecule has 8 heteroatoms. The van der Waals surface area contributed by atoms with Gasteiger partial charge in [-0.25, -0.2) is 4.98 Å². The van der Waals surface area contributed by atoms with Crippen molar-refractivity contribution >= 4 is 45.3 Å². The summed E-state index contributed by atoms with van der Waals surface area (Å²) in [5.41, 5.74) is 1.77. The molecule has 3 heterocycles. The minimum Gasteiger partial charge on any atom is -0.449 e. The summed E-state index contributed by atoms with van der Waals surface area (Å²) in [6, 6.07) is 14.4. The maximum absolute atomic E-state index is 13.0. The molecule has 1 atom stereocenters. The van der Waals surface area contributed by atoms with Crippen LogP contribution >= 0.6 is 11.6 Å². The van der Waals surface area contributed by atoms with Crippen molar-refractivity contribution in [2.24, 2.45) is 0 Å². The molecule has 4 aromatic rings. The number of para-hydroxylation sites is 2. The summed E-state index contributed by atoms with van der Waals surface area (Å²) < 4.78 is 5.64. The molecule has 1 saturated heterocycles. The summed E-state index contributed by atoms with van der Waals surface area (Å²) in [5.74, 6) is 0.480. The second-order valence-electron chi connectivity index (χ2n) is 7.45. The summed E-state index contributed by atoms with van der Waals surface area (Å²) in [4.78, 5) is 36.6. The molecule has 7 nitrogen and oxygen atoms in total. The number of furan rings is 1. The number of hydrogen-bond acceptors (Lipinski definition) is 5. The molecule has 1 N–H and O–H groups in total. The molecular formula is C22H19ClN4O3. The van der Waals surface area contributed by atoms with Gasteiger partial charge in [-0.15, -0.1) is 0 Å². The van der Waals surface area contributed by atoms with Gasteiger partial charge in [0.25, 0.3) is 5.56 Å². The number of aromatic amines is 1. The summed E-state index contributed by atoms with van der Waals surface area (Å²) >= 11 is 6.27. The zero-order valence-electron chi connectivity index (χ0n) is 16.3. The first-order valence-electron chi connectivity index (χ1n) is 9.69. The normalized spacial score (nSPS) is 17.0. The van der Waals surface area contributed by atoms with Crippen LogP contribution in [0.25, 0.3) is 22.1 Å². The van der Waals surface area contributed by atoms with Gasteiger partial charge in [-0.05, 0) is 37.7 Å². The lowest BCUT2D eigenvalue weighted by atomic mass is 10.2. The van der Waals surface area contributed by atoms with Gasteiger partial charge in [0.05, 0.1) is 23.3 Å². The predicted octanol–water partition coefficient (Wildman–Crippen LogP) is 3.56. The van der Waals surface area contributed by atoms with Gasteiger partial charge in [-0.1, -0.05) is 35.9 Å². The molecule has 2 aromatic heterocycles. The Labute approximate surface area is 176 Å². The van der Waals surface area contributed by atoms with Crippen LogP contribution in [-0.2, 0) is 11.3 Å². The van der Waals surface area contributed by atoms with Crippen molar-refractivity contribution in [3.05, 3.63) is 69.7 Å². The van der Waals surface area contributed by atoms with E-state index in [4.69, 9.17) is 16.0 Å². The molecule has 0 radical (unpaired) electrons. The van der Waals surface area contributed by atoms with Crippen LogP contribution in [0.3, 0.4) is 0 Å². The highest BCUT2D eigenvalue weighted by atomic mass is 35.5. The first-order chi connectivity index (χ1) is 14.5. The van der Waals surface area contributed by atoms with Crippen LogP contribution in [0.15, 0.2) is 57.7 Å². The lowest BCUT2D eigenvalue weighted by Gasteiger charge is -2.23. The average Bonchev–Trinajstić information content (AvgIpc) is 3.30. The molecule has 0 saturated carbocycles. The number of likely N-dealkylation sites (N-methyl/N-ethyl adjacent to an activating group) is 1. The first-order valence-corrected chi connectivity index (χ1v) is 10.1. The number of rotatable bonds is 4.